The monoisotopic (exact) mass is 476 g/mol. The Kier molecular flexibility index (Phi) is 7.08. The van der Waals surface area contributed by atoms with Crippen LogP contribution >= 0.6 is 11.3 Å². The molecule has 3 aromatic rings. The van der Waals surface area contributed by atoms with Gasteiger partial charge in [-0.05, 0) is 68.8 Å². The van der Waals surface area contributed by atoms with Gasteiger partial charge in [0.1, 0.15) is 12.3 Å². The molecular weight excluding hydrogens is 444 g/mol. The van der Waals surface area contributed by atoms with Crippen LogP contribution in [0.1, 0.15) is 48.4 Å². The third kappa shape index (κ3) is 5.33. The standard InChI is InChI=1S/C28H32N2O3S/c1-20-10-12-21(13-11-20)27-23-15-17-34-24(23)14-16-29(27)25(31)18-30(28(2,3)4)26(32)19-33-22-8-6-5-7-9-22/h5-13,15,17,27H,14,16,18-19H2,1-4H3. The summed E-state index contributed by atoms with van der Waals surface area (Å²) in [7, 11) is 0. The number of carbonyl (C=O) groups excluding carboxylic acids is 2. The minimum atomic E-state index is -0.518. The highest BCUT2D eigenvalue weighted by Crippen LogP contribution is 2.38. The largest absolute Gasteiger partial charge is 0.484 e. The average molecular weight is 477 g/mol. The predicted molar refractivity (Wildman–Crippen MR) is 136 cm³/mol. The Balaban J connectivity index is 1.55. The number of benzene rings is 2. The summed E-state index contributed by atoms with van der Waals surface area (Å²) in [5, 5.41) is 2.10. The molecule has 0 saturated carbocycles. The number of rotatable bonds is 6. The highest BCUT2D eigenvalue weighted by atomic mass is 32.1. The summed E-state index contributed by atoms with van der Waals surface area (Å²) in [6.45, 7) is 8.46. The molecular formula is C28H32N2O3S. The molecule has 2 heterocycles. The van der Waals surface area contributed by atoms with Gasteiger partial charge in [0, 0.05) is 17.0 Å². The second-order valence-corrected chi connectivity index (χ2v) is 10.7. The Morgan fingerprint density at radius 2 is 1.76 bits per heavy atom. The Morgan fingerprint density at radius 3 is 2.44 bits per heavy atom. The molecule has 5 nitrogen and oxygen atoms in total. The number of para-hydroxylation sites is 1. The molecule has 0 aliphatic carbocycles. The van der Waals surface area contributed by atoms with Crippen molar-refractivity contribution >= 4 is 23.2 Å². The molecule has 0 fully saturated rings. The number of thiophene rings is 1. The van der Waals surface area contributed by atoms with Crippen molar-refractivity contribution in [2.75, 3.05) is 19.7 Å². The molecule has 0 radical (unpaired) electrons. The molecule has 0 bridgehead atoms. The summed E-state index contributed by atoms with van der Waals surface area (Å²) in [5.74, 6) is 0.381. The van der Waals surface area contributed by atoms with Gasteiger partial charge in [-0.25, -0.2) is 0 Å². The van der Waals surface area contributed by atoms with Gasteiger partial charge in [-0.2, -0.15) is 0 Å². The fraction of sp³-hybridized carbons (Fsp3) is 0.357. The first-order chi connectivity index (χ1) is 16.2. The third-order valence-electron chi connectivity index (χ3n) is 6.19. The molecule has 1 aliphatic rings. The van der Waals surface area contributed by atoms with E-state index >= 15 is 0 Å². The topological polar surface area (TPSA) is 49.9 Å². The lowest BCUT2D eigenvalue weighted by molar-refractivity contribution is -0.147. The van der Waals surface area contributed by atoms with Crippen molar-refractivity contribution in [3.63, 3.8) is 0 Å². The lowest BCUT2D eigenvalue weighted by Crippen LogP contribution is -2.53. The van der Waals surface area contributed by atoms with E-state index in [0.29, 0.717) is 12.3 Å². The number of carbonyl (C=O) groups is 2. The lowest BCUT2D eigenvalue weighted by Gasteiger charge is -2.40. The quantitative estimate of drug-likeness (QED) is 0.489. The maximum atomic E-state index is 13.7. The highest BCUT2D eigenvalue weighted by Gasteiger charge is 2.36. The maximum absolute atomic E-state index is 13.7. The van der Waals surface area contributed by atoms with Crippen molar-refractivity contribution in [2.45, 2.75) is 45.7 Å². The van der Waals surface area contributed by atoms with Crippen LogP contribution in [0.15, 0.2) is 66.0 Å². The van der Waals surface area contributed by atoms with Crippen LogP contribution in [0.25, 0.3) is 0 Å². The van der Waals surface area contributed by atoms with Crippen LogP contribution in [-0.2, 0) is 16.0 Å². The molecule has 1 unspecified atom stereocenters. The second-order valence-electron chi connectivity index (χ2n) is 9.70. The van der Waals surface area contributed by atoms with Crippen LogP contribution in [0.3, 0.4) is 0 Å². The van der Waals surface area contributed by atoms with Crippen molar-refractivity contribution in [1.82, 2.24) is 9.80 Å². The van der Waals surface area contributed by atoms with Gasteiger partial charge >= 0.3 is 0 Å². The minimum Gasteiger partial charge on any atom is -0.484 e. The zero-order valence-electron chi connectivity index (χ0n) is 20.3. The summed E-state index contributed by atoms with van der Waals surface area (Å²) < 4.78 is 5.69. The van der Waals surface area contributed by atoms with Crippen molar-refractivity contribution in [3.05, 3.63) is 87.6 Å². The molecule has 1 atom stereocenters. The Bertz CT molecular complexity index is 1130. The number of hydrogen-bond donors (Lipinski definition) is 0. The van der Waals surface area contributed by atoms with Crippen LogP contribution in [0, 0.1) is 6.92 Å². The Morgan fingerprint density at radius 1 is 1.06 bits per heavy atom. The van der Waals surface area contributed by atoms with Gasteiger partial charge in [0.05, 0.1) is 6.04 Å². The summed E-state index contributed by atoms with van der Waals surface area (Å²) in [6, 6.07) is 19.6. The molecule has 0 N–H and O–H groups in total. The predicted octanol–water partition coefficient (Wildman–Crippen LogP) is 5.24. The fourth-order valence-corrected chi connectivity index (χ4v) is 5.26. The van der Waals surface area contributed by atoms with Gasteiger partial charge in [-0.3, -0.25) is 9.59 Å². The molecule has 1 aliphatic heterocycles. The summed E-state index contributed by atoms with van der Waals surface area (Å²) in [5.41, 5.74) is 2.95. The van der Waals surface area contributed by atoms with Crippen LogP contribution in [-0.4, -0.2) is 46.8 Å². The zero-order valence-corrected chi connectivity index (χ0v) is 21.1. The smallest absolute Gasteiger partial charge is 0.261 e. The molecule has 0 saturated heterocycles. The highest BCUT2D eigenvalue weighted by molar-refractivity contribution is 7.10. The van der Waals surface area contributed by atoms with Crippen molar-refractivity contribution in [3.8, 4) is 5.75 Å². The second kappa shape index (κ2) is 10.0. The Labute approximate surface area is 206 Å². The number of aryl methyl sites for hydroxylation is 1. The molecule has 34 heavy (non-hydrogen) atoms. The van der Waals surface area contributed by atoms with E-state index in [1.165, 1.54) is 16.0 Å². The SMILES string of the molecule is Cc1ccc(C2c3ccsc3CCN2C(=O)CN(C(=O)COc2ccccc2)C(C)(C)C)cc1. The van der Waals surface area contributed by atoms with Crippen molar-refractivity contribution in [2.24, 2.45) is 0 Å². The number of ether oxygens (including phenoxy) is 1. The molecule has 4 rings (SSSR count). The first kappa shape index (κ1) is 24.0. The van der Waals surface area contributed by atoms with Crippen molar-refractivity contribution in [1.29, 1.82) is 0 Å². The van der Waals surface area contributed by atoms with E-state index in [1.807, 2.05) is 56.0 Å². The van der Waals surface area contributed by atoms with E-state index in [0.717, 1.165) is 12.0 Å². The van der Waals surface area contributed by atoms with E-state index in [1.54, 1.807) is 16.2 Å². The number of amides is 2. The Hall–Kier alpha value is -3.12. The molecule has 178 valence electrons. The van der Waals surface area contributed by atoms with Gasteiger partial charge in [-0.15, -0.1) is 11.3 Å². The molecule has 0 spiro atoms. The molecule has 1 aromatic heterocycles. The fourth-order valence-electron chi connectivity index (χ4n) is 4.36. The summed E-state index contributed by atoms with van der Waals surface area (Å²) in [4.78, 5) is 31.8. The number of hydrogen-bond acceptors (Lipinski definition) is 4. The van der Waals surface area contributed by atoms with Gasteiger partial charge < -0.3 is 14.5 Å². The first-order valence-corrected chi connectivity index (χ1v) is 12.5. The van der Waals surface area contributed by atoms with Gasteiger partial charge in [-0.1, -0.05) is 48.0 Å². The first-order valence-electron chi connectivity index (χ1n) is 11.6. The summed E-state index contributed by atoms with van der Waals surface area (Å²) in [6.07, 6.45) is 0.835. The zero-order chi connectivity index (χ0) is 24.3. The molecule has 2 aromatic carbocycles. The minimum absolute atomic E-state index is 0.0162. The normalized spacial score (nSPS) is 15.5. The van der Waals surface area contributed by atoms with Gasteiger partial charge in [0.2, 0.25) is 5.91 Å². The van der Waals surface area contributed by atoms with Gasteiger partial charge in [0.25, 0.3) is 5.91 Å². The lowest BCUT2D eigenvalue weighted by atomic mass is 9.92. The number of nitrogens with zero attached hydrogens (tertiary/aromatic N) is 2. The molecule has 6 heteroatoms. The number of fused-ring (bicyclic) bond motifs is 1. The van der Waals surface area contributed by atoms with Crippen LogP contribution in [0.2, 0.25) is 0 Å². The summed E-state index contributed by atoms with van der Waals surface area (Å²) >= 11 is 1.75. The molecule has 2 amide bonds. The van der Waals surface area contributed by atoms with Crippen LogP contribution in [0.5, 0.6) is 5.75 Å². The average Bonchev–Trinajstić information content (AvgIpc) is 3.30. The van der Waals surface area contributed by atoms with E-state index in [2.05, 4.69) is 42.6 Å². The van der Waals surface area contributed by atoms with E-state index < -0.39 is 5.54 Å². The van der Waals surface area contributed by atoms with E-state index in [4.69, 9.17) is 4.74 Å². The van der Waals surface area contributed by atoms with E-state index in [9.17, 15) is 9.59 Å². The van der Waals surface area contributed by atoms with Gasteiger partial charge in [0.15, 0.2) is 6.61 Å². The van der Waals surface area contributed by atoms with E-state index in [-0.39, 0.29) is 31.0 Å². The van der Waals surface area contributed by atoms with Crippen LogP contribution < -0.4 is 4.74 Å². The van der Waals surface area contributed by atoms with Crippen LogP contribution in [0.4, 0.5) is 0 Å². The van der Waals surface area contributed by atoms with Crippen molar-refractivity contribution < 1.29 is 14.3 Å². The third-order valence-corrected chi connectivity index (χ3v) is 7.19. The maximum Gasteiger partial charge on any atom is 0.261 e.